The predicted octanol–water partition coefficient (Wildman–Crippen LogP) is 3.40. The fraction of sp³-hybridized carbons (Fsp3) is 0.632. The van der Waals surface area contributed by atoms with E-state index >= 15 is 0 Å². The van der Waals surface area contributed by atoms with Crippen LogP contribution in [0, 0.1) is 13.8 Å². The fourth-order valence-corrected chi connectivity index (χ4v) is 3.46. The van der Waals surface area contributed by atoms with Crippen LogP contribution in [0.15, 0.2) is 16.4 Å². The fourth-order valence-electron chi connectivity index (χ4n) is 2.56. The van der Waals surface area contributed by atoms with Gasteiger partial charge in [-0.25, -0.2) is 9.98 Å². The molecule has 2 rings (SSSR count). The Bertz CT molecular complexity index is 723. The molecule has 2 N–H and O–H groups in total. The highest BCUT2D eigenvalue weighted by Crippen LogP contribution is 2.25. The van der Waals surface area contributed by atoms with E-state index < -0.39 is 0 Å². The Hall–Kier alpha value is -1.89. The van der Waals surface area contributed by atoms with Crippen molar-refractivity contribution >= 4 is 17.3 Å². The molecule has 0 atom stereocenters. The number of nitrogens with zero attached hydrogens (tertiary/aromatic N) is 4. The van der Waals surface area contributed by atoms with Crippen molar-refractivity contribution < 1.29 is 0 Å². The monoisotopic (exact) mass is 376 g/mol. The number of rotatable bonds is 7. The van der Waals surface area contributed by atoms with Gasteiger partial charge in [0.2, 0.25) is 0 Å². The van der Waals surface area contributed by atoms with E-state index in [-0.39, 0.29) is 5.41 Å². The lowest BCUT2D eigenvalue weighted by Crippen LogP contribution is -2.38. The van der Waals surface area contributed by atoms with Crippen LogP contribution in [0.3, 0.4) is 0 Å². The van der Waals surface area contributed by atoms with E-state index in [4.69, 9.17) is 4.98 Å². The number of hydrogen-bond acceptors (Lipinski definition) is 4. The SMILES string of the molecule is CCNC(=NCc1csc(C(C)(C)C)n1)NCCCn1nc(C)cc1C. The van der Waals surface area contributed by atoms with Crippen molar-refractivity contribution in [2.24, 2.45) is 4.99 Å². The van der Waals surface area contributed by atoms with Gasteiger partial charge in [0.25, 0.3) is 0 Å². The molecule has 7 heteroatoms. The molecule has 0 radical (unpaired) electrons. The summed E-state index contributed by atoms with van der Waals surface area (Å²) in [6, 6.07) is 2.11. The van der Waals surface area contributed by atoms with Gasteiger partial charge in [0.1, 0.15) is 0 Å². The van der Waals surface area contributed by atoms with E-state index in [0.29, 0.717) is 6.54 Å². The molecule has 0 saturated carbocycles. The summed E-state index contributed by atoms with van der Waals surface area (Å²) in [4.78, 5) is 9.37. The minimum Gasteiger partial charge on any atom is -0.357 e. The molecule has 0 aromatic carbocycles. The van der Waals surface area contributed by atoms with Gasteiger partial charge in [-0.2, -0.15) is 5.10 Å². The molecule has 0 aliphatic heterocycles. The average Bonchev–Trinajstić information content (AvgIpc) is 3.15. The second kappa shape index (κ2) is 9.16. The summed E-state index contributed by atoms with van der Waals surface area (Å²) in [5, 5.41) is 14.5. The van der Waals surface area contributed by atoms with Gasteiger partial charge in [0.05, 0.1) is 22.9 Å². The summed E-state index contributed by atoms with van der Waals surface area (Å²) >= 11 is 1.71. The molecule has 0 aliphatic rings. The second-order valence-electron chi connectivity index (χ2n) is 7.52. The summed E-state index contributed by atoms with van der Waals surface area (Å²) in [5.74, 6) is 0.839. The largest absolute Gasteiger partial charge is 0.357 e. The lowest BCUT2D eigenvalue weighted by molar-refractivity contribution is 0.555. The molecule has 2 aromatic rings. The summed E-state index contributed by atoms with van der Waals surface area (Å²) in [5.41, 5.74) is 3.41. The summed E-state index contributed by atoms with van der Waals surface area (Å²) < 4.78 is 2.06. The van der Waals surface area contributed by atoms with Gasteiger partial charge in [-0.15, -0.1) is 11.3 Å². The number of aromatic nitrogens is 3. The molecule has 0 spiro atoms. The molecule has 0 amide bonds. The standard InChI is InChI=1S/C19H32N6S/c1-7-20-18(21-9-8-10-25-15(3)11-14(2)24-25)22-12-16-13-26-17(23-16)19(4,5)6/h11,13H,7-10,12H2,1-6H3,(H2,20,21,22). The van der Waals surface area contributed by atoms with Gasteiger partial charge in [0.15, 0.2) is 5.96 Å². The van der Waals surface area contributed by atoms with Gasteiger partial charge < -0.3 is 10.6 Å². The molecule has 0 unspecified atom stereocenters. The van der Waals surface area contributed by atoms with Crippen molar-refractivity contribution in [3.8, 4) is 0 Å². The third-order valence-corrected chi connectivity index (χ3v) is 5.20. The van der Waals surface area contributed by atoms with Crippen LogP contribution in [0.4, 0.5) is 0 Å². The number of aryl methyl sites for hydroxylation is 3. The van der Waals surface area contributed by atoms with E-state index in [1.807, 2.05) is 6.92 Å². The summed E-state index contributed by atoms with van der Waals surface area (Å²) in [6.45, 7) is 16.0. The average molecular weight is 377 g/mol. The van der Waals surface area contributed by atoms with Crippen molar-refractivity contribution in [1.29, 1.82) is 0 Å². The molecule has 6 nitrogen and oxygen atoms in total. The zero-order valence-corrected chi connectivity index (χ0v) is 17.7. The van der Waals surface area contributed by atoms with Crippen molar-refractivity contribution in [1.82, 2.24) is 25.4 Å². The maximum absolute atomic E-state index is 4.71. The normalized spacial score (nSPS) is 12.5. The third kappa shape index (κ3) is 6.12. The van der Waals surface area contributed by atoms with Crippen molar-refractivity contribution in [3.63, 3.8) is 0 Å². The van der Waals surface area contributed by atoms with Crippen molar-refractivity contribution in [2.45, 2.75) is 66.5 Å². The van der Waals surface area contributed by atoms with Crippen LogP contribution in [0.1, 0.15) is 56.2 Å². The maximum Gasteiger partial charge on any atom is 0.191 e. The molecule has 2 heterocycles. The first-order valence-corrected chi connectivity index (χ1v) is 10.2. The van der Waals surface area contributed by atoms with E-state index in [1.165, 1.54) is 5.69 Å². The Labute approximate surface area is 161 Å². The summed E-state index contributed by atoms with van der Waals surface area (Å²) in [6.07, 6.45) is 0.997. The zero-order chi connectivity index (χ0) is 19.2. The van der Waals surface area contributed by atoms with Crippen LogP contribution in [0.5, 0.6) is 0 Å². The van der Waals surface area contributed by atoms with Crippen LogP contribution >= 0.6 is 11.3 Å². The second-order valence-corrected chi connectivity index (χ2v) is 8.38. The molecular formula is C19H32N6S. The van der Waals surface area contributed by atoms with E-state index in [9.17, 15) is 0 Å². The third-order valence-electron chi connectivity index (χ3n) is 3.88. The highest BCUT2D eigenvalue weighted by atomic mass is 32.1. The van der Waals surface area contributed by atoms with Crippen LogP contribution in [-0.2, 0) is 18.5 Å². The maximum atomic E-state index is 4.71. The highest BCUT2D eigenvalue weighted by Gasteiger charge is 2.17. The van der Waals surface area contributed by atoms with Crippen LogP contribution in [0.25, 0.3) is 0 Å². The van der Waals surface area contributed by atoms with Crippen LogP contribution < -0.4 is 10.6 Å². The Kier molecular flexibility index (Phi) is 7.20. The lowest BCUT2D eigenvalue weighted by Gasteiger charge is -2.13. The zero-order valence-electron chi connectivity index (χ0n) is 16.9. The van der Waals surface area contributed by atoms with Gasteiger partial charge in [-0.3, -0.25) is 4.68 Å². The molecule has 26 heavy (non-hydrogen) atoms. The van der Waals surface area contributed by atoms with Crippen LogP contribution in [0.2, 0.25) is 0 Å². The number of guanidine groups is 1. The summed E-state index contributed by atoms with van der Waals surface area (Å²) in [7, 11) is 0. The molecule has 2 aromatic heterocycles. The number of aliphatic imine (C=N–C) groups is 1. The molecule has 0 fully saturated rings. The smallest absolute Gasteiger partial charge is 0.191 e. The van der Waals surface area contributed by atoms with E-state index in [2.05, 4.69) is 71.5 Å². The Balaban J connectivity index is 1.84. The van der Waals surface area contributed by atoms with Crippen LogP contribution in [-0.4, -0.2) is 33.8 Å². The van der Waals surface area contributed by atoms with E-state index in [1.54, 1.807) is 11.3 Å². The molecule has 0 bridgehead atoms. The Morgan fingerprint density at radius 1 is 1.27 bits per heavy atom. The van der Waals surface area contributed by atoms with Gasteiger partial charge in [-0.1, -0.05) is 20.8 Å². The first kappa shape index (κ1) is 20.4. The molecule has 144 valence electrons. The van der Waals surface area contributed by atoms with Crippen molar-refractivity contribution in [3.05, 3.63) is 33.5 Å². The minimum atomic E-state index is 0.0956. The minimum absolute atomic E-state index is 0.0956. The highest BCUT2D eigenvalue weighted by molar-refractivity contribution is 7.09. The number of nitrogens with one attached hydrogen (secondary N) is 2. The Morgan fingerprint density at radius 3 is 2.62 bits per heavy atom. The van der Waals surface area contributed by atoms with Crippen molar-refractivity contribution in [2.75, 3.05) is 13.1 Å². The van der Waals surface area contributed by atoms with Gasteiger partial charge in [0, 0.05) is 36.1 Å². The van der Waals surface area contributed by atoms with Gasteiger partial charge in [-0.05, 0) is 33.3 Å². The topological polar surface area (TPSA) is 67.1 Å². The molecule has 0 aliphatic carbocycles. The first-order valence-electron chi connectivity index (χ1n) is 9.27. The lowest BCUT2D eigenvalue weighted by atomic mass is 9.98. The van der Waals surface area contributed by atoms with E-state index in [0.717, 1.165) is 48.4 Å². The predicted molar refractivity (Wildman–Crippen MR) is 110 cm³/mol. The Morgan fingerprint density at radius 2 is 2.04 bits per heavy atom. The molecule has 0 saturated heterocycles. The van der Waals surface area contributed by atoms with Gasteiger partial charge >= 0.3 is 0 Å². The number of hydrogen-bond donors (Lipinski definition) is 2. The quantitative estimate of drug-likeness (QED) is 0.441. The molecular weight excluding hydrogens is 344 g/mol. The number of thiazole rings is 1. The first-order chi connectivity index (χ1) is 12.3.